The molecule has 2 aromatic rings. The molecular formula is C17H12ClF2NO2. The average Bonchev–Trinajstić information content (AvgIpc) is 2.52. The van der Waals surface area contributed by atoms with Gasteiger partial charge in [0.15, 0.2) is 0 Å². The SMILES string of the molecule is O=C(NCC#CCOc1ccccc1Cl)c1ccc(F)cc1F. The zero-order chi connectivity index (χ0) is 16.7. The first-order valence-electron chi connectivity index (χ1n) is 6.64. The Balaban J connectivity index is 1.79. The Morgan fingerprint density at radius 2 is 1.96 bits per heavy atom. The number of ether oxygens (including phenoxy) is 1. The van der Waals surface area contributed by atoms with Crippen molar-refractivity contribution in [2.75, 3.05) is 13.2 Å². The van der Waals surface area contributed by atoms with E-state index in [9.17, 15) is 13.6 Å². The molecule has 0 saturated heterocycles. The van der Waals surface area contributed by atoms with Crippen LogP contribution in [0.1, 0.15) is 10.4 Å². The zero-order valence-corrected chi connectivity index (χ0v) is 12.7. The van der Waals surface area contributed by atoms with Crippen molar-refractivity contribution in [2.45, 2.75) is 0 Å². The summed E-state index contributed by atoms with van der Waals surface area (Å²) < 4.78 is 31.5. The Bertz CT molecular complexity index is 769. The summed E-state index contributed by atoms with van der Waals surface area (Å²) in [5.41, 5.74) is -0.236. The maximum Gasteiger partial charge on any atom is 0.255 e. The third-order valence-electron chi connectivity index (χ3n) is 2.77. The van der Waals surface area contributed by atoms with Gasteiger partial charge in [0.25, 0.3) is 5.91 Å². The van der Waals surface area contributed by atoms with Crippen LogP contribution in [-0.4, -0.2) is 19.1 Å². The Hall–Kier alpha value is -2.58. The third kappa shape index (κ3) is 4.97. The fourth-order valence-electron chi connectivity index (χ4n) is 1.68. The standard InChI is InChI=1S/C17H12ClF2NO2/c18-14-5-1-2-6-16(14)23-10-4-3-9-21-17(22)13-8-7-12(19)11-15(13)20/h1-2,5-8,11H,9-10H2,(H,21,22). The van der Waals surface area contributed by atoms with Gasteiger partial charge in [0.1, 0.15) is 24.0 Å². The molecule has 0 saturated carbocycles. The first-order valence-corrected chi connectivity index (χ1v) is 7.02. The minimum Gasteiger partial charge on any atom is -0.479 e. The van der Waals surface area contributed by atoms with Crippen molar-refractivity contribution in [1.82, 2.24) is 5.32 Å². The lowest BCUT2D eigenvalue weighted by molar-refractivity contribution is 0.0954. The van der Waals surface area contributed by atoms with Gasteiger partial charge >= 0.3 is 0 Å². The van der Waals surface area contributed by atoms with Crippen LogP contribution in [0, 0.1) is 23.5 Å². The van der Waals surface area contributed by atoms with Crippen LogP contribution in [0.4, 0.5) is 8.78 Å². The first kappa shape index (κ1) is 16.8. The molecule has 0 fully saturated rings. The number of para-hydroxylation sites is 1. The van der Waals surface area contributed by atoms with E-state index >= 15 is 0 Å². The average molecular weight is 336 g/mol. The summed E-state index contributed by atoms with van der Waals surface area (Å²) in [5, 5.41) is 2.89. The van der Waals surface area contributed by atoms with Crippen LogP contribution in [0.5, 0.6) is 5.75 Å². The second-order valence-corrected chi connectivity index (χ2v) is 4.79. The van der Waals surface area contributed by atoms with Gasteiger partial charge in [-0.2, -0.15) is 0 Å². The van der Waals surface area contributed by atoms with E-state index in [4.69, 9.17) is 16.3 Å². The van der Waals surface area contributed by atoms with Gasteiger partial charge in [-0.25, -0.2) is 8.78 Å². The second-order valence-electron chi connectivity index (χ2n) is 4.38. The number of carbonyl (C=O) groups excluding carboxylic acids is 1. The van der Waals surface area contributed by atoms with Crippen molar-refractivity contribution in [2.24, 2.45) is 0 Å². The third-order valence-corrected chi connectivity index (χ3v) is 3.09. The van der Waals surface area contributed by atoms with Crippen molar-refractivity contribution in [3.05, 3.63) is 64.7 Å². The summed E-state index contributed by atoms with van der Waals surface area (Å²) in [5.74, 6) is 3.54. The van der Waals surface area contributed by atoms with E-state index in [1.807, 2.05) is 0 Å². The Labute approximate surface area is 137 Å². The number of hydrogen-bond acceptors (Lipinski definition) is 2. The minimum atomic E-state index is -0.919. The predicted molar refractivity (Wildman–Crippen MR) is 83.4 cm³/mol. The van der Waals surface area contributed by atoms with E-state index in [0.717, 1.165) is 12.1 Å². The van der Waals surface area contributed by atoms with Gasteiger partial charge in [-0.1, -0.05) is 35.6 Å². The van der Waals surface area contributed by atoms with E-state index in [1.54, 1.807) is 24.3 Å². The molecule has 1 N–H and O–H groups in total. The van der Waals surface area contributed by atoms with Gasteiger partial charge < -0.3 is 10.1 Å². The van der Waals surface area contributed by atoms with Crippen LogP contribution < -0.4 is 10.1 Å². The molecule has 0 radical (unpaired) electrons. The monoisotopic (exact) mass is 335 g/mol. The van der Waals surface area contributed by atoms with Crippen molar-refractivity contribution < 1.29 is 18.3 Å². The van der Waals surface area contributed by atoms with E-state index in [2.05, 4.69) is 17.2 Å². The molecule has 1 amide bonds. The molecule has 2 rings (SSSR count). The van der Waals surface area contributed by atoms with E-state index in [1.165, 1.54) is 0 Å². The highest BCUT2D eigenvalue weighted by Crippen LogP contribution is 2.22. The summed E-state index contributed by atoms with van der Waals surface area (Å²) in [6, 6.07) is 9.72. The molecule has 3 nitrogen and oxygen atoms in total. The molecular weight excluding hydrogens is 324 g/mol. The largest absolute Gasteiger partial charge is 0.479 e. The van der Waals surface area contributed by atoms with Gasteiger partial charge in [-0.15, -0.1) is 0 Å². The van der Waals surface area contributed by atoms with Crippen molar-refractivity contribution in [1.29, 1.82) is 0 Å². The van der Waals surface area contributed by atoms with E-state index in [0.29, 0.717) is 16.8 Å². The van der Waals surface area contributed by atoms with Crippen LogP contribution in [-0.2, 0) is 0 Å². The topological polar surface area (TPSA) is 38.3 Å². The van der Waals surface area contributed by atoms with Crippen molar-refractivity contribution in [3.63, 3.8) is 0 Å². The number of hydrogen-bond donors (Lipinski definition) is 1. The lowest BCUT2D eigenvalue weighted by atomic mass is 10.2. The number of rotatable bonds is 4. The Morgan fingerprint density at radius 3 is 2.70 bits per heavy atom. The lowest BCUT2D eigenvalue weighted by Crippen LogP contribution is -2.24. The van der Waals surface area contributed by atoms with Gasteiger partial charge in [0.05, 0.1) is 17.1 Å². The normalized spacial score (nSPS) is 9.70. The smallest absolute Gasteiger partial charge is 0.255 e. The first-order chi connectivity index (χ1) is 11.1. The molecule has 23 heavy (non-hydrogen) atoms. The molecule has 0 aliphatic rings. The van der Waals surface area contributed by atoms with E-state index < -0.39 is 17.5 Å². The Morgan fingerprint density at radius 1 is 1.17 bits per heavy atom. The minimum absolute atomic E-state index is 0.0154. The molecule has 0 atom stereocenters. The van der Waals surface area contributed by atoms with Gasteiger partial charge in [-0.3, -0.25) is 4.79 Å². The second kappa shape index (κ2) is 8.16. The summed E-state index contributed by atoms with van der Waals surface area (Å²) in [6.07, 6.45) is 0. The highest BCUT2D eigenvalue weighted by atomic mass is 35.5. The van der Waals surface area contributed by atoms with Crippen LogP contribution in [0.2, 0.25) is 5.02 Å². The van der Waals surface area contributed by atoms with Crippen molar-refractivity contribution in [3.8, 4) is 17.6 Å². The van der Waals surface area contributed by atoms with E-state index in [-0.39, 0.29) is 18.7 Å². The highest BCUT2D eigenvalue weighted by Gasteiger charge is 2.11. The van der Waals surface area contributed by atoms with Gasteiger partial charge in [-0.05, 0) is 24.3 Å². The van der Waals surface area contributed by atoms with Crippen LogP contribution in [0.25, 0.3) is 0 Å². The van der Waals surface area contributed by atoms with Gasteiger partial charge in [0, 0.05) is 6.07 Å². The molecule has 0 heterocycles. The molecule has 0 aromatic heterocycles. The Kier molecular flexibility index (Phi) is 5.95. The molecule has 0 aliphatic carbocycles. The van der Waals surface area contributed by atoms with Gasteiger partial charge in [0.2, 0.25) is 0 Å². The molecule has 2 aromatic carbocycles. The number of benzene rings is 2. The molecule has 0 aliphatic heterocycles. The zero-order valence-electron chi connectivity index (χ0n) is 11.9. The quantitative estimate of drug-likeness (QED) is 0.869. The number of carbonyl (C=O) groups is 1. The summed E-state index contributed by atoms with van der Waals surface area (Å²) >= 11 is 5.91. The molecule has 0 unspecified atom stereocenters. The number of nitrogens with one attached hydrogen (secondary N) is 1. The predicted octanol–water partition coefficient (Wildman–Crippen LogP) is 3.43. The number of halogens is 3. The number of amides is 1. The summed E-state index contributed by atoms with van der Waals surface area (Å²) in [4.78, 5) is 11.7. The van der Waals surface area contributed by atoms with Crippen LogP contribution >= 0.6 is 11.6 Å². The maximum atomic E-state index is 13.4. The summed E-state index contributed by atoms with van der Waals surface area (Å²) in [7, 11) is 0. The fraction of sp³-hybridized carbons (Fsp3) is 0.118. The fourth-order valence-corrected chi connectivity index (χ4v) is 1.87. The molecule has 0 bridgehead atoms. The molecule has 118 valence electrons. The highest BCUT2D eigenvalue weighted by molar-refractivity contribution is 6.32. The molecule has 0 spiro atoms. The maximum absolute atomic E-state index is 13.4. The lowest BCUT2D eigenvalue weighted by Gasteiger charge is -2.03. The van der Waals surface area contributed by atoms with Crippen LogP contribution in [0.15, 0.2) is 42.5 Å². The molecule has 6 heteroatoms. The summed E-state index contributed by atoms with van der Waals surface area (Å²) in [6.45, 7) is 0.117. The van der Waals surface area contributed by atoms with Crippen molar-refractivity contribution >= 4 is 17.5 Å². The van der Waals surface area contributed by atoms with Crippen LogP contribution in [0.3, 0.4) is 0 Å².